The maximum Gasteiger partial charge on any atom is 0.252 e. The van der Waals surface area contributed by atoms with Crippen LogP contribution in [0, 0.1) is 6.92 Å². The molecule has 0 saturated carbocycles. The van der Waals surface area contributed by atoms with Gasteiger partial charge in [0.25, 0.3) is 5.91 Å². The van der Waals surface area contributed by atoms with Crippen molar-refractivity contribution in [3.8, 4) is 11.5 Å². The predicted molar refractivity (Wildman–Crippen MR) is 106 cm³/mol. The fraction of sp³-hybridized carbons (Fsp3) is 0.421. The maximum atomic E-state index is 12.9. The molecule has 1 aliphatic heterocycles. The van der Waals surface area contributed by atoms with Gasteiger partial charge in [-0.25, -0.2) is 18.1 Å². The Labute approximate surface area is 168 Å². The molecule has 0 unspecified atom stereocenters. The third-order valence-electron chi connectivity index (χ3n) is 5.00. The summed E-state index contributed by atoms with van der Waals surface area (Å²) < 4.78 is 36.1. The molecule has 1 aliphatic rings. The van der Waals surface area contributed by atoms with Gasteiger partial charge in [-0.05, 0) is 31.5 Å². The molecule has 9 nitrogen and oxygen atoms in total. The first-order valence-electron chi connectivity index (χ1n) is 9.31. The summed E-state index contributed by atoms with van der Waals surface area (Å²) in [4.78, 5) is 17.6. The summed E-state index contributed by atoms with van der Waals surface area (Å²) in [5, 5.41) is 7.99. The smallest absolute Gasteiger partial charge is 0.252 e. The molecule has 1 saturated heterocycles. The lowest BCUT2D eigenvalue weighted by molar-refractivity contribution is 0.0938. The van der Waals surface area contributed by atoms with Crippen LogP contribution in [0.25, 0.3) is 22.5 Å². The van der Waals surface area contributed by atoms with Crippen LogP contribution in [0.2, 0.25) is 0 Å². The largest absolute Gasteiger partial charge is 0.463 e. The number of aryl methyl sites for hydroxylation is 1. The van der Waals surface area contributed by atoms with Crippen molar-refractivity contribution >= 4 is 26.8 Å². The van der Waals surface area contributed by atoms with E-state index in [0.29, 0.717) is 53.3 Å². The molecule has 154 valence electrons. The van der Waals surface area contributed by atoms with Gasteiger partial charge in [0.2, 0.25) is 0 Å². The third kappa shape index (κ3) is 3.77. The molecule has 0 spiro atoms. The number of nitrogens with zero attached hydrogens (tertiary/aromatic N) is 3. The number of amides is 1. The predicted octanol–water partition coefficient (Wildman–Crippen LogP) is 1.74. The van der Waals surface area contributed by atoms with Crippen molar-refractivity contribution in [2.75, 3.05) is 31.8 Å². The van der Waals surface area contributed by atoms with Crippen molar-refractivity contribution < 1.29 is 22.4 Å². The number of rotatable bonds is 6. The zero-order valence-corrected chi connectivity index (χ0v) is 17.0. The van der Waals surface area contributed by atoms with Crippen LogP contribution in [-0.2, 0) is 14.6 Å². The van der Waals surface area contributed by atoms with Gasteiger partial charge in [0, 0.05) is 13.7 Å². The second-order valence-electron chi connectivity index (χ2n) is 7.07. The highest BCUT2D eigenvalue weighted by molar-refractivity contribution is 7.91. The maximum absolute atomic E-state index is 12.9. The lowest BCUT2D eigenvalue weighted by atomic mass is 10.1. The molecule has 1 fully saturated rings. The van der Waals surface area contributed by atoms with E-state index < -0.39 is 9.84 Å². The summed E-state index contributed by atoms with van der Waals surface area (Å²) in [6.45, 7) is 2.55. The highest BCUT2D eigenvalue weighted by Crippen LogP contribution is 2.32. The number of nitrogens with one attached hydrogen (secondary N) is 1. The molecule has 29 heavy (non-hydrogen) atoms. The number of hydrogen-bond donors (Lipinski definition) is 1. The number of pyridine rings is 1. The van der Waals surface area contributed by atoms with Crippen LogP contribution < -0.4 is 5.32 Å². The molecule has 1 amide bonds. The van der Waals surface area contributed by atoms with Gasteiger partial charge in [-0.15, -0.1) is 0 Å². The molecule has 10 heteroatoms. The number of carbonyl (C=O) groups excluding carboxylic acids is 1. The van der Waals surface area contributed by atoms with E-state index in [9.17, 15) is 13.2 Å². The molecule has 4 heterocycles. The van der Waals surface area contributed by atoms with Crippen LogP contribution >= 0.6 is 0 Å². The first-order chi connectivity index (χ1) is 13.9. The molecule has 3 aromatic rings. The van der Waals surface area contributed by atoms with Crippen LogP contribution in [0.5, 0.6) is 0 Å². The number of carbonyl (C=O) groups is 1. The first-order valence-corrected chi connectivity index (χ1v) is 11.1. The zero-order chi connectivity index (χ0) is 20.6. The van der Waals surface area contributed by atoms with Gasteiger partial charge in [-0.1, -0.05) is 0 Å². The minimum Gasteiger partial charge on any atom is -0.463 e. The molecule has 0 aromatic carbocycles. The SMILES string of the molecule is COCCNC(=O)c1cc(-c2ccco2)nc2c1c(C)nn2[C@H]1CCS(=O)(=O)C1. The Morgan fingerprint density at radius 1 is 1.45 bits per heavy atom. The fourth-order valence-electron chi connectivity index (χ4n) is 3.63. The summed E-state index contributed by atoms with van der Waals surface area (Å²) in [6.07, 6.45) is 2.01. The van der Waals surface area contributed by atoms with Crippen LogP contribution in [0.1, 0.15) is 28.5 Å². The fourth-order valence-corrected chi connectivity index (χ4v) is 5.32. The van der Waals surface area contributed by atoms with E-state index in [-0.39, 0.29) is 23.5 Å². The minimum absolute atomic E-state index is 0.0191. The average molecular weight is 418 g/mol. The Kier molecular flexibility index (Phi) is 5.13. The van der Waals surface area contributed by atoms with Crippen molar-refractivity contribution in [2.45, 2.75) is 19.4 Å². The van der Waals surface area contributed by atoms with Crippen LogP contribution in [-0.4, -0.2) is 60.9 Å². The van der Waals surface area contributed by atoms with Crippen LogP contribution in [0.4, 0.5) is 0 Å². The van der Waals surface area contributed by atoms with E-state index in [2.05, 4.69) is 15.4 Å². The normalized spacial score (nSPS) is 18.3. The van der Waals surface area contributed by atoms with Gasteiger partial charge in [-0.3, -0.25) is 4.79 Å². The third-order valence-corrected chi connectivity index (χ3v) is 6.75. The van der Waals surface area contributed by atoms with E-state index in [1.807, 2.05) is 0 Å². The number of hydrogen-bond acceptors (Lipinski definition) is 7. The lowest BCUT2D eigenvalue weighted by Crippen LogP contribution is -2.27. The van der Waals surface area contributed by atoms with Crippen molar-refractivity contribution in [1.29, 1.82) is 0 Å². The minimum atomic E-state index is -3.10. The van der Waals surface area contributed by atoms with Gasteiger partial charge in [0.1, 0.15) is 5.69 Å². The number of methoxy groups -OCH3 is 1. The second kappa shape index (κ2) is 7.60. The van der Waals surface area contributed by atoms with E-state index in [1.165, 1.54) is 6.26 Å². The highest BCUT2D eigenvalue weighted by atomic mass is 32.2. The molecular weight excluding hydrogens is 396 g/mol. The lowest BCUT2D eigenvalue weighted by Gasteiger charge is -2.11. The molecule has 4 rings (SSSR count). The Bertz CT molecular complexity index is 1150. The molecular formula is C19H22N4O5S. The molecule has 0 aliphatic carbocycles. The number of sulfone groups is 1. The summed E-state index contributed by atoms with van der Waals surface area (Å²) in [6, 6.07) is 4.87. The van der Waals surface area contributed by atoms with E-state index in [1.54, 1.807) is 36.9 Å². The summed E-state index contributed by atoms with van der Waals surface area (Å²) in [7, 11) is -1.53. The Hall–Kier alpha value is -2.72. The van der Waals surface area contributed by atoms with E-state index >= 15 is 0 Å². The monoisotopic (exact) mass is 418 g/mol. The molecule has 3 aromatic heterocycles. The number of furan rings is 1. The Balaban J connectivity index is 1.86. The highest BCUT2D eigenvalue weighted by Gasteiger charge is 2.32. The van der Waals surface area contributed by atoms with Crippen molar-refractivity contribution in [3.63, 3.8) is 0 Å². The first kappa shape index (κ1) is 19.6. The quantitative estimate of drug-likeness (QED) is 0.606. The molecule has 1 atom stereocenters. The average Bonchev–Trinajstić information content (AvgIpc) is 3.40. The standard InChI is InChI=1S/C19H22N4O5S/c1-12-17-14(19(24)20-6-8-27-2)10-15(16-4-3-7-28-16)21-18(17)23(22-12)13-5-9-29(25,26)11-13/h3-4,7,10,13H,5-6,8-9,11H2,1-2H3,(H,20,24)/t13-/m0/s1. The van der Waals surface area contributed by atoms with Crippen LogP contribution in [0.15, 0.2) is 28.9 Å². The van der Waals surface area contributed by atoms with Gasteiger partial charge >= 0.3 is 0 Å². The van der Waals surface area contributed by atoms with Crippen molar-refractivity contribution in [1.82, 2.24) is 20.1 Å². The van der Waals surface area contributed by atoms with Crippen LogP contribution in [0.3, 0.4) is 0 Å². The number of aromatic nitrogens is 3. The van der Waals surface area contributed by atoms with Crippen molar-refractivity contribution in [2.24, 2.45) is 0 Å². The van der Waals surface area contributed by atoms with E-state index in [0.717, 1.165) is 0 Å². The summed E-state index contributed by atoms with van der Waals surface area (Å²) >= 11 is 0. The number of ether oxygens (including phenoxy) is 1. The molecule has 0 bridgehead atoms. The van der Waals surface area contributed by atoms with Gasteiger partial charge in [0.15, 0.2) is 21.2 Å². The van der Waals surface area contributed by atoms with Gasteiger partial charge in [0.05, 0.1) is 47.1 Å². The van der Waals surface area contributed by atoms with Gasteiger partial charge < -0.3 is 14.5 Å². The second-order valence-corrected chi connectivity index (χ2v) is 9.30. The molecule has 1 N–H and O–H groups in total. The van der Waals surface area contributed by atoms with E-state index in [4.69, 9.17) is 9.15 Å². The molecule has 0 radical (unpaired) electrons. The number of fused-ring (bicyclic) bond motifs is 1. The topological polar surface area (TPSA) is 116 Å². The zero-order valence-electron chi connectivity index (χ0n) is 16.2. The van der Waals surface area contributed by atoms with Crippen molar-refractivity contribution in [3.05, 3.63) is 35.7 Å². The summed E-state index contributed by atoms with van der Waals surface area (Å²) in [5.74, 6) is 0.386. The summed E-state index contributed by atoms with van der Waals surface area (Å²) in [5.41, 5.74) is 2.01. The Morgan fingerprint density at radius 3 is 2.93 bits per heavy atom. The Morgan fingerprint density at radius 2 is 2.28 bits per heavy atom. The van der Waals surface area contributed by atoms with Gasteiger partial charge in [-0.2, -0.15) is 5.10 Å².